The minimum Gasteiger partial charge on any atom is -0.341 e. The molecule has 0 spiro atoms. The maximum absolute atomic E-state index is 13.1. The molecule has 1 N–H and O–H groups in total. The van der Waals surface area contributed by atoms with Gasteiger partial charge in [0.25, 0.3) is 5.56 Å². The third kappa shape index (κ3) is 4.19. The standard InChI is InChI=1S/C21H21FN6O2/c1-27-19(29)11-18(17-8-9-23-13-24-17)26-21(27)28-10-2-3-14(12-28)20(30)25-16-6-4-15(22)5-7-16/h4-9,11,13-14H,2-3,10,12H2,1H3,(H,25,30). The molecule has 30 heavy (non-hydrogen) atoms. The molecule has 0 radical (unpaired) electrons. The SMILES string of the molecule is Cn1c(N2CCCC(C(=O)Nc3ccc(F)cc3)C2)nc(-c2ccncn2)cc1=O. The summed E-state index contributed by atoms with van der Waals surface area (Å²) < 4.78 is 14.6. The van der Waals surface area contributed by atoms with Crippen molar-refractivity contribution in [3.8, 4) is 11.4 Å². The van der Waals surface area contributed by atoms with Gasteiger partial charge in [0.2, 0.25) is 11.9 Å². The van der Waals surface area contributed by atoms with E-state index in [9.17, 15) is 14.0 Å². The minimum absolute atomic E-state index is 0.136. The van der Waals surface area contributed by atoms with E-state index in [1.807, 2.05) is 4.90 Å². The fourth-order valence-corrected chi connectivity index (χ4v) is 3.53. The van der Waals surface area contributed by atoms with Gasteiger partial charge in [0, 0.05) is 38.1 Å². The highest BCUT2D eigenvalue weighted by atomic mass is 19.1. The number of rotatable bonds is 4. The zero-order chi connectivity index (χ0) is 21.1. The summed E-state index contributed by atoms with van der Waals surface area (Å²) in [4.78, 5) is 39.9. The average Bonchev–Trinajstić information content (AvgIpc) is 2.78. The number of nitrogens with zero attached hydrogens (tertiary/aromatic N) is 5. The van der Waals surface area contributed by atoms with Gasteiger partial charge in [-0.15, -0.1) is 0 Å². The number of benzene rings is 1. The summed E-state index contributed by atoms with van der Waals surface area (Å²) in [6.45, 7) is 1.12. The van der Waals surface area contributed by atoms with Crippen LogP contribution >= 0.6 is 0 Å². The number of amides is 1. The number of piperidine rings is 1. The van der Waals surface area contributed by atoms with Gasteiger partial charge in [-0.2, -0.15) is 0 Å². The molecule has 1 aliphatic heterocycles. The molecule has 3 heterocycles. The van der Waals surface area contributed by atoms with Crippen molar-refractivity contribution in [2.45, 2.75) is 12.8 Å². The summed E-state index contributed by atoms with van der Waals surface area (Å²) in [5, 5.41) is 2.84. The van der Waals surface area contributed by atoms with Crippen LogP contribution in [0.5, 0.6) is 0 Å². The molecule has 1 amide bonds. The number of halogens is 1. The molecule has 3 aromatic rings. The molecule has 1 saturated heterocycles. The molecule has 1 unspecified atom stereocenters. The summed E-state index contributed by atoms with van der Waals surface area (Å²) >= 11 is 0. The van der Waals surface area contributed by atoms with E-state index in [2.05, 4.69) is 20.3 Å². The topological polar surface area (TPSA) is 93.0 Å². The first-order valence-corrected chi connectivity index (χ1v) is 9.67. The third-order valence-electron chi connectivity index (χ3n) is 5.14. The molecule has 154 valence electrons. The van der Waals surface area contributed by atoms with Crippen molar-refractivity contribution in [3.05, 3.63) is 65.1 Å². The molecule has 0 saturated carbocycles. The van der Waals surface area contributed by atoms with Crippen LogP contribution in [0.15, 0.2) is 53.7 Å². The van der Waals surface area contributed by atoms with Crippen LogP contribution in [0.25, 0.3) is 11.4 Å². The van der Waals surface area contributed by atoms with Gasteiger partial charge in [-0.05, 0) is 43.2 Å². The van der Waals surface area contributed by atoms with Crippen LogP contribution in [0.2, 0.25) is 0 Å². The first-order chi connectivity index (χ1) is 14.5. The Morgan fingerprint density at radius 3 is 2.73 bits per heavy atom. The Labute approximate surface area is 172 Å². The van der Waals surface area contributed by atoms with Crippen molar-refractivity contribution in [3.63, 3.8) is 0 Å². The number of hydrogen-bond donors (Lipinski definition) is 1. The van der Waals surface area contributed by atoms with Crippen LogP contribution in [-0.4, -0.2) is 38.5 Å². The molecular weight excluding hydrogens is 387 g/mol. The fraction of sp³-hybridized carbons (Fsp3) is 0.286. The van der Waals surface area contributed by atoms with Gasteiger partial charge in [0.15, 0.2) is 0 Å². The van der Waals surface area contributed by atoms with Crippen LogP contribution in [0.3, 0.4) is 0 Å². The van der Waals surface area contributed by atoms with E-state index < -0.39 is 0 Å². The number of aromatic nitrogens is 4. The van der Waals surface area contributed by atoms with E-state index >= 15 is 0 Å². The minimum atomic E-state index is -0.354. The second-order valence-corrected chi connectivity index (χ2v) is 7.21. The van der Waals surface area contributed by atoms with Gasteiger partial charge in [0.05, 0.1) is 17.3 Å². The highest BCUT2D eigenvalue weighted by molar-refractivity contribution is 5.93. The number of carbonyl (C=O) groups is 1. The molecule has 1 fully saturated rings. The summed E-state index contributed by atoms with van der Waals surface area (Å²) in [7, 11) is 1.66. The number of carbonyl (C=O) groups excluding carboxylic acids is 1. The Kier molecular flexibility index (Phi) is 5.51. The lowest BCUT2D eigenvalue weighted by molar-refractivity contribution is -0.120. The van der Waals surface area contributed by atoms with Gasteiger partial charge in [-0.1, -0.05) is 0 Å². The third-order valence-corrected chi connectivity index (χ3v) is 5.14. The zero-order valence-corrected chi connectivity index (χ0v) is 16.5. The molecular formula is C21H21FN6O2. The lowest BCUT2D eigenvalue weighted by Gasteiger charge is -2.33. The van der Waals surface area contributed by atoms with Crippen molar-refractivity contribution in [2.75, 3.05) is 23.3 Å². The van der Waals surface area contributed by atoms with Crippen LogP contribution in [-0.2, 0) is 11.8 Å². The molecule has 8 nitrogen and oxygen atoms in total. The summed E-state index contributed by atoms with van der Waals surface area (Å²) in [5.41, 5.74) is 1.38. The average molecular weight is 408 g/mol. The van der Waals surface area contributed by atoms with Gasteiger partial charge in [-0.25, -0.2) is 19.3 Å². The maximum atomic E-state index is 13.1. The molecule has 9 heteroatoms. The quantitative estimate of drug-likeness (QED) is 0.712. The van der Waals surface area contributed by atoms with Crippen molar-refractivity contribution >= 4 is 17.5 Å². The largest absolute Gasteiger partial charge is 0.341 e. The van der Waals surface area contributed by atoms with Gasteiger partial charge < -0.3 is 10.2 Å². The molecule has 1 aromatic carbocycles. The lowest BCUT2D eigenvalue weighted by atomic mass is 9.97. The van der Waals surface area contributed by atoms with Crippen LogP contribution in [0.1, 0.15) is 12.8 Å². The van der Waals surface area contributed by atoms with Crippen molar-refractivity contribution in [1.82, 2.24) is 19.5 Å². The smallest absolute Gasteiger partial charge is 0.255 e. The first-order valence-electron chi connectivity index (χ1n) is 9.67. The van der Waals surface area contributed by atoms with Crippen molar-refractivity contribution < 1.29 is 9.18 Å². The predicted molar refractivity (Wildman–Crippen MR) is 110 cm³/mol. The second kappa shape index (κ2) is 8.40. The number of anilines is 2. The Balaban J connectivity index is 1.55. The summed E-state index contributed by atoms with van der Waals surface area (Å²) in [6, 6.07) is 8.81. The highest BCUT2D eigenvalue weighted by Crippen LogP contribution is 2.24. The van der Waals surface area contributed by atoms with E-state index in [4.69, 9.17) is 0 Å². The summed E-state index contributed by atoms with van der Waals surface area (Å²) in [6.07, 6.45) is 4.51. The van der Waals surface area contributed by atoms with Crippen molar-refractivity contribution in [1.29, 1.82) is 0 Å². The Morgan fingerprint density at radius 1 is 1.20 bits per heavy atom. The number of nitrogens with one attached hydrogen (secondary N) is 1. The highest BCUT2D eigenvalue weighted by Gasteiger charge is 2.28. The van der Waals surface area contributed by atoms with Gasteiger partial charge in [-0.3, -0.25) is 14.2 Å². The molecule has 4 rings (SSSR count). The fourth-order valence-electron chi connectivity index (χ4n) is 3.53. The van der Waals surface area contributed by atoms with Crippen LogP contribution in [0.4, 0.5) is 16.0 Å². The van der Waals surface area contributed by atoms with Crippen molar-refractivity contribution in [2.24, 2.45) is 13.0 Å². The van der Waals surface area contributed by atoms with Gasteiger partial charge >= 0.3 is 0 Å². The number of hydrogen-bond acceptors (Lipinski definition) is 6. The first kappa shape index (κ1) is 19.7. The van der Waals surface area contributed by atoms with E-state index in [0.717, 1.165) is 12.8 Å². The monoisotopic (exact) mass is 408 g/mol. The normalized spacial score (nSPS) is 16.3. The summed E-state index contributed by atoms with van der Waals surface area (Å²) in [5.74, 6) is -0.269. The Hall–Kier alpha value is -3.62. The lowest BCUT2D eigenvalue weighted by Crippen LogP contribution is -2.43. The van der Waals surface area contributed by atoms with E-state index in [1.165, 1.54) is 41.2 Å². The Bertz CT molecular complexity index is 1100. The Morgan fingerprint density at radius 2 is 2.00 bits per heavy atom. The molecule has 0 bridgehead atoms. The molecule has 0 aliphatic carbocycles. The molecule has 1 aliphatic rings. The zero-order valence-electron chi connectivity index (χ0n) is 16.5. The van der Waals surface area contributed by atoms with E-state index in [0.29, 0.717) is 36.1 Å². The van der Waals surface area contributed by atoms with E-state index in [-0.39, 0.29) is 23.2 Å². The molecule has 2 aromatic heterocycles. The van der Waals surface area contributed by atoms with E-state index in [1.54, 1.807) is 19.3 Å². The van der Waals surface area contributed by atoms with Crippen LogP contribution < -0.4 is 15.8 Å². The molecule has 1 atom stereocenters. The predicted octanol–water partition coefficient (Wildman–Crippen LogP) is 2.23. The second-order valence-electron chi connectivity index (χ2n) is 7.21. The van der Waals surface area contributed by atoms with Gasteiger partial charge in [0.1, 0.15) is 12.1 Å². The van der Waals surface area contributed by atoms with Crippen LogP contribution in [0, 0.1) is 11.7 Å². The maximum Gasteiger partial charge on any atom is 0.255 e.